The lowest BCUT2D eigenvalue weighted by atomic mass is 10.1. The smallest absolute Gasteiger partial charge is 0.352 e. The van der Waals surface area contributed by atoms with Gasteiger partial charge in [-0.3, -0.25) is 4.79 Å². The molecule has 0 aliphatic carbocycles. The molecule has 0 aliphatic heterocycles. The molecule has 7 heteroatoms. The zero-order valence-electron chi connectivity index (χ0n) is 11.1. The minimum atomic E-state index is -4.48. The van der Waals surface area contributed by atoms with E-state index in [1.165, 1.54) is 12.1 Å². The summed E-state index contributed by atoms with van der Waals surface area (Å²) in [6.07, 6.45) is -2.52. The molecule has 0 heterocycles. The Bertz CT molecular complexity index is 479. The number of carbonyl (C=O) groups excluding carboxylic acids is 1. The minimum absolute atomic E-state index is 0.0110. The Morgan fingerprint density at radius 3 is 2.65 bits per heavy atom. The summed E-state index contributed by atoms with van der Waals surface area (Å²) in [5.41, 5.74) is -0.834. The van der Waals surface area contributed by atoms with Crippen molar-refractivity contribution in [1.29, 1.82) is 0 Å². The Hall–Kier alpha value is -0.690. The minimum Gasteiger partial charge on any atom is -0.352 e. The predicted octanol–water partition coefficient (Wildman–Crippen LogP) is 4.20. The van der Waals surface area contributed by atoms with Crippen molar-refractivity contribution in [1.82, 2.24) is 5.32 Å². The van der Waals surface area contributed by atoms with Crippen LogP contribution >= 0.6 is 27.7 Å². The maximum absolute atomic E-state index is 12.7. The second kappa shape index (κ2) is 7.36. The molecule has 0 bridgehead atoms. The number of benzene rings is 1. The van der Waals surface area contributed by atoms with Crippen molar-refractivity contribution in [2.75, 3.05) is 18.6 Å². The number of hydrogen-bond donors (Lipinski definition) is 1. The molecule has 0 aliphatic rings. The highest BCUT2D eigenvalue weighted by molar-refractivity contribution is 9.10. The summed E-state index contributed by atoms with van der Waals surface area (Å²) in [5, 5.41) is 2.65. The average molecular weight is 370 g/mol. The topological polar surface area (TPSA) is 29.1 Å². The normalized spacial score (nSPS) is 13.1. The summed E-state index contributed by atoms with van der Waals surface area (Å²) in [5.74, 6) is 0.663. The Morgan fingerprint density at radius 2 is 2.10 bits per heavy atom. The van der Waals surface area contributed by atoms with E-state index in [0.717, 1.165) is 11.8 Å². The van der Waals surface area contributed by atoms with Gasteiger partial charge in [-0.1, -0.05) is 22.9 Å². The van der Waals surface area contributed by atoms with Crippen LogP contribution in [-0.2, 0) is 6.18 Å². The van der Waals surface area contributed by atoms with Gasteiger partial charge in [0, 0.05) is 16.6 Å². The fourth-order valence-corrected chi connectivity index (χ4v) is 2.75. The highest BCUT2D eigenvalue weighted by Gasteiger charge is 2.33. The van der Waals surface area contributed by atoms with Crippen molar-refractivity contribution in [2.45, 2.75) is 13.1 Å². The van der Waals surface area contributed by atoms with Gasteiger partial charge in [0.25, 0.3) is 5.91 Å². The summed E-state index contributed by atoms with van der Waals surface area (Å²) >= 11 is 4.50. The van der Waals surface area contributed by atoms with Crippen molar-refractivity contribution < 1.29 is 18.0 Å². The average Bonchev–Trinajstić information content (AvgIpc) is 2.35. The first-order valence-electron chi connectivity index (χ1n) is 5.89. The predicted molar refractivity (Wildman–Crippen MR) is 79.0 cm³/mol. The molecular formula is C13H15BrF3NOS. The number of halogens is 4. The van der Waals surface area contributed by atoms with Gasteiger partial charge in [0.15, 0.2) is 0 Å². The molecule has 0 saturated carbocycles. The lowest BCUT2D eigenvalue weighted by molar-refractivity contribution is -0.138. The molecular weight excluding hydrogens is 355 g/mol. The van der Waals surface area contributed by atoms with Crippen molar-refractivity contribution >= 4 is 33.6 Å². The van der Waals surface area contributed by atoms with E-state index in [0.29, 0.717) is 6.54 Å². The van der Waals surface area contributed by atoms with Crippen LogP contribution < -0.4 is 5.32 Å². The summed E-state index contributed by atoms with van der Waals surface area (Å²) in [4.78, 5) is 11.8. The van der Waals surface area contributed by atoms with Crippen LogP contribution in [-0.4, -0.2) is 24.5 Å². The van der Waals surface area contributed by atoms with Crippen molar-refractivity contribution in [3.8, 4) is 0 Å². The highest BCUT2D eigenvalue weighted by atomic mass is 79.9. The highest BCUT2D eigenvalue weighted by Crippen LogP contribution is 2.35. The van der Waals surface area contributed by atoms with Crippen molar-refractivity contribution in [3.05, 3.63) is 33.8 Å². The van der Waals surface area contributed by atoms with Crippen LogP contribution in [0.1, 0.15) is 22.8 Å². The summed E-state index contributed by atoms with van der Waals surface area (Å²) < 4.78 is 38.2. The maximum Gasteiger partial charge on any atom is 0.417 e. The molecule has 20 heavy (non-hydrogen) atoms. The molecule has 112 valence electrons. The van der Waals surface area contributed by atoms with Crippen LogP contribution in [0.4, 0.5) is 13.2 Å². The van der Waals surface area contributed by atoms with Gasteiger partial charge in [0.1, 0.15) is 0 Å². The summed E-state index contributed by atoms with van der Waals surface area (Å²) in [6.45, 7) is 2.41. The number of hydrogen-bond acceptors (Lipinski definition) is 2. The van der Waals surface area contributed by atoms with Gasteiger partial charge in [-0.2, -0.15) is 24.9 Å². The number of thioether (sulfide) groups is 1. The first kappa shape index (κ1) is 17.4. The van der Waals surface area contributed by atoms with Gasteiger partial charge in [0.05, 0.1) is 5.56 Å². The Kier molecular flexibility index (Phi) is 6.39. The lowest BCUT2D eigenvalue weighted by Gasteiger charge is -2.13. The van der Waals surface area contributed by atoms with Crippen LogP contribution in [0.25, 0.3) is 0 Å². The van der Waals surface area contributed by atoms with Gasteiger partial charge < -0.3 is 5.32 Å². The molecule has 1 aromatic rings. The van der Waals surface area contributed by atoms with E-state index in [9.17, 15) is 18.0 Å². The molecule has 0 spiro atoms. The molecule has 0 fully saturated rings. The number of carbonyl (C=O) groups is 1. The van der Waals surface area contributed by atoms with E-state index < -0.39 is 17.6 Å². The molecule has 0 aromatic heterocycles. The maximum atomic E-state index is 12.7. The monoisotopic (exact) mass is 369 g/mol. The van der Waals surface area contributed by atoms with Crippen molar-refractivity contribution in [2.24, 2.45) is 5.92 Å². The van der Waals surface area contributed by atoms with E-state index in [2.05, 4.69) is 21.2 Å². The number of amides is 1. The first-order chi connectivity index (χ1) is 9.25. The van der Waals surface area contributed by atoms with Gasteiger partial charge >= 0.3 is 6.18 Å². The third-order valence-corrected chi connectivity index (χ3v) is 4.19. The zero-order valence-corrected chi connectivity index (χ0v) is 13.5. The number of alkyl halides is 3. The molecule has 1 unspecified atom stereocenters. The number of rotatable bonds is 5. The van der Waals surface area contributed by atoms with E-state index in [1.807, 2.05) is 13.2 Å². The molecule has 1 aromatic carbocycles. The molecule has 0 saturated heterocycles. The van der Waals surface area contributed by atoms with Gasteiger partial charge in [0.2, 0.25) is 0 Å². The standard InChI is InChI=1S/C13H15BrF3NOS/c1-8(7-20-2)6-18-12(19)9-3-4-11(14)10(5-9)13(15,16)17/h3-5,8H,6-7H2,1-2H3,(H,18,19). The fourth-order valence-electron chi connectivity index (χ4n) is 1.60. The Balaban J connectivity index is 2.79. The fraction of sp³-hybridized carbons (Fsp3) is 0.462. The summed E-state index contributed by atoms with van der Waals surface area (Å²) in [6, 6.07) is 3.47. The SMILES string of the molecule is CSCC(C)CNC(=O)c1ccc(Br)c(C(F)(F)F)c1. The first-order valence-corrected chi connectivity index (χ1v) is 8.08. The van der Waals surface area contributed by atoms with E-state index in [1.54, 1.807) is 11.8 Å². The molecule has 0 radical (unpaired) electrons. The van der Waals surface area contributed by atoms with Crippen LogP contribution in [0.2, 0.25) is 0 Å². The Morgan fingerprint density at radius 1 is 1.45 bits per heavy atom. The molecule has 1 N–H and O–H groups in total. The molecule has 2 nitrogen and oxygen atoms in total. The molecule has 1 atom stereocenters. The third kappa shape index (κ3) is 5.01. The van der Waals surface area contributed by atoms with Crippen LogP contribution in [0.3, 0.4) is 0 Å². The van der Waals surface area contributed by atoms with Crippen LogP contribution in [0.15, 0.2) is 22.7 Å². The third-order valence-electron chi connectivity index (χ3n) is 2.60. The largest absolute Gasteiger partial charge is 0.417 e. The second-order valence-corrected chi connectivity index (χ2v) is 6.23. The molecule has 1 amide bonds. The quantitative estimate of drug-likeness (QED) is 0.842. The van der Waals surface area contributed by atoms with E-state index >= 15 is 0 Å². The molecule has 1 rings (SSSR count). The van der Waals surface area contributed by atoms with Crippen molar-refractivity contribution in [3.63, 3.8) is 0 Å². The van der Waals surface area contributed by atoms with Crippen LogP contribution in [0.5, 0.6) is 0 Å². The van der Waals surface area contributed by atoms with Crippen LogP contribution in [0, 0.1) is 5.92 Å². The second-order valence-electron chi connectivity index (χ2n) is 4.46. The van der Waals surface area contributed by atoms with Gasteiger partial charge in [-0.15, -0.1) is 0 Å². The Labute approximate surface area is 128 Å². The zero-order chi connectivity index (χ0) is 15.3. The lowest BCUT2D eigenvalue weighted by Crippen LogP contribution is -2.29. The van der Waals surface area contributed by atoms with E-state index in [4.69, 9.17) is 0 Å². The van der Waals surface area contributed by atoms with Gasteiger partial charge in [-0.25, -0.2) is 0 Å². The summed E-state index contributed by atoms with van der Waals surface area (Å²) in [7, 11) is 0. The number of nitrogens with one attached hydrogen (secondary N) is 1. The van der Waals surface area contributed by atoms with E-state index in [-0.39, 0.29) is 16.0 Å². The van der Waals surface area contributed by atoms with Gasteiger partial charge in [-0.05, 0) is 36.1 Å².